The number of thiazole rings is 1. The Kier molecular flexibility index (Phi) is 5.53. The molecule has 1 aromatic carbocycles. The molecular formula is C17H20F3N3S. The summed E-state index contributed by atoms with van der Waals surface area (Å²) in [6.07, 6.45) is -3.28. The third-order valence-electron chi connectivity index (χ3n) is 4.10. The van der Waals surface area contributed by atoms with Gasteiger partial charge in [0.25, 0.3) is 0 Å². The monoisotopic (exact) mass is 355 g/mol. The fraction of sp³-hybridized carbons (Fsp3) is 0.471. The average Bonchev–Trinajstić information content (AvgIpc) is 3.16. The lowest BCUT2D eigenvalue weighted by atomic mass is 10.1. The number of nitrogens with zero attached hydrogens (tertiary/aromatic N) is 2. The van der Waals surface area contributed by atoms with Gasteiger partial charge in [-0.1, -0.05) is 30.3 Å². The van der Waals surface area contributed by atoms with Crippen LogP contribution in [0.25, 0.3) is 11.3 Å². The first kappa shape index (κ1) is 17.4. The van der Waals surface area contributed by atoms with Gasteiger partial charge in [-0.15, -0.1) is 11.3 Å². The van der Waals surface area contributed by atoms with Gasteiger partial charge in [0.15, 0.2) is 0 Å². The number of aromatic nitrogens is 1. The number of nitrogens with one attached hydrogen (secondary N) is 1. The summed E-state index contributed by atoms with van der Waals surface area (Å²) in [4.78, 5) is 6.09. The van der Waals surface area contributed by atoms with Crippen molar-refractivity contribution in [3.05, 3.63) is 40.7 Å². The minimum absolute atomic E-state index is 0.279. The standard InChI is InChI=1S/C17H20F3N3S/c18-17(19,20)12-23-7-6-13(10-23)8-21-9-16-22-15(11-24-16)14-4-2-1-3-5-14/h1-5,11,13,21H,6-10,12H2. The number of alkyl halides is 3. The zero-order valence-corrected chi connectivity index (χ0v) is 14.0. The van der Waals surface area contributed by atoms with Crippen molar-refractivity contribution in [2.45, 2.75) is 19.1 Å². The summed E-state index contributed by atoms with van der Waals surface area (Å²) in [6, 6.07) is 10.0. The Morgan fingerprint density at radius 1 is 1.25 bits per heavy atom. The molecule has 3 rings (SSSR count). The minimum atomic E-state index is -4.10. The average molecular weight is 355 g/mol. The van der Waals surface area contributed by atoms with Crippen LogP contribution in [0.3, 0.4) is 0 Å². The van der Waals surface area contributed by atoms with Crippen LogP contribution < -0.4 is 5.32 Å². The van der Waals surface area contributed by atoms with Gasteiger partial charge < -0.3 is 5.32 Å². The van der Waals surface area contributed by atoms with Crippen LogP contribution in [-0.4, -0.2) is 42.2 Å². The summed E-state index contributed by atoms with van der Waals surface area (Å²) >= 11 is 1.60. The molecular weight excluding hydrogens is 335 g/mol. The van der Waals surface area contributed by atoms with Crippen LogP contribution in [-0.2, 0) is 6.54 Å². The van der Waals surface area contributed by atoms with E-state index in [9.17, 15) is 13.2 Å². The molecule has 0 amide bonds. The van der Waals surface area contributed by atoms with E-state index in [1.165, 1.54) is 4.90 Å². The van der Waals surface area contributed by atoms with Gasteiger partial charge in [-0.25, -0.2) is 4.98 Å². The van der Waals surface area contributed by atoms with Crippen molar-refractivity contribution < 1.29 is 13.2 Å². The molecule has 3 nitrogen and oxygen atoms in total. The molecule has 1 unspecified atom stereocenters. The lowest BCUT2D eigenvalue weighted by Gasteiger charge is -2.17. The van der Waals surface area contributed by atoms with Gasteiger partial charge in [0.05, 0.1) is 12.2 Å². The molecule has 2 heterocycles. The van der Waals surface area contributed by atoms with E-state index in [1.54, 1.807) is 11.3 Å². The normalized spacial score (nSPS) is 19.0. The van der Waals surface area contributed by atoms with E-state index in [1.807, 2.05) is 35.7 Å². The number of hydrogen-bond donors (Lipinski definition) is 1. The Labute approximate surface area is 143 Å². The molecule has 2 aromatic rings. The smallest absolute Gasteiger partial charge is 0.310 e. The zero-order valence-electron chi connectivity index (χ0n) is 13.2. The molecule has 0 saturated carbocycles. The summed E-state index contributed by atoms with van der Waals surface area (Å²) in [5.74, 6) is 0.279. The van der Waals surface area contributed by atoms with Crippen LogP contribution in [0.4, 0.5) is 13.2 Å². The lowest BCUT2D eigenvalue weighted by Crippen LogP contribution is -2.33. The lowest BCUT2D eigenvalue weighted by molar-refractivity contribution is -0.143. The quantitative estimate of drug-likeness (QED) is 0.855. The van der Waals surface area contributed by atoms with Gasteiger partial charge in [-0.2, -0.15) is 13.2 Å². The van der Waals surface area contributed by atoms with Gasteiger partial charge >= 0.3 is 6.18 Å². The predicted molar refractivity (Wildman–Crippen MR) is 89.9 cm³/mol. The van der Waals surface area contributed by atoms with Gasteiger partial charge in [-0.05, 0) is 25.4 Å². The molecule has 24 heavy (non-hydrogen) atoms. The predicted octanol–water partition coefficient (Wildman–Crippen LogP) is 3.78. The summed E-state index contributed by atoms with van der Waals surface area (Å²) in [6.45, 7) is 1.64. The van der Waals surface area contributed by atoms with Gasteiger partial charge in [0, 0.05) is 24.0 Å². The van der Waals surface area contributed by atoms with Gasteiger partial charge in [0.1, 0.15) is 5.01 Å². The van der Waals surface area contributed by atoms with Crippen LogP contribution in [0, 0.1) is 5.92 Å². The van der Waals surface area contributed by atoms with E-state index in [4.69, 9.17) is 0 Å². The largest absolute Gasteiger partial charge is 0.401 e. The maximum absolute atomic E-state index is 12.4. The summed E-state index contributed by atoms with van der Waals surface area (Å²) in [7, 11) is 0. The third kappa shape index (κ3) is 5.03. The molecule has 1 atom stereocenters. The number of rotatable bonds is 6. The van der Waals surface area contributed by atoms with Crippen LogP contribution in [0.2, 0.25) is 0 Å². The maximum atomic E-state index is 12.4. The van der Waals surface area contributed by atoms with E-state index in [0.717, 1.165) is 29.2 Å². The molecule has 0 bridgehead atoms. The number of hydrogen-bond acceptors (Lipinski definition) is 4. The van der Waals surface area contributed by atoms with Crippen molar-refractivity contribution in [2.75, 3.05) is 26.2 Å². The highest BCUT2D eigenvalue weighted by Crippen LogP contribution is 2.23. The van der Waals surface area contributed by atoms with E-state index in [2.05, 4.69) is 10.3 Å². The second kappa shape index (κ2) is 7.63. The SMILES string of the molecule is FC(F)(F)CN1CCC(CNCc2nc(-c3ccccc3)cs2)C1. The third-order valence-corrected chi connectivity index (χ3v) is 4.95. The molecule has 1 fully saturated rings. The molecule has 1 saturated heterocycles. The fourth-order valence-corrected chi connectivity index (χ4v) is 3.77. The molecule has 1 aliphatic rings. The highest BCUT2D eigenvalue weighted by Gasteiger charge is 2.34. The first-order chi connectivity index (χ1) is 11.5. The topological polar surface area (TPSA) is 28.2 Å². The van der Waals surface area contributed by atoms with Crippen LogP contribution in [0.1, 0.15) is 11.4 Å². The Hall–Kier alpha value is -1.44. The van der Waals surface area contributed by atoms with Crippen molar-refractivity contribution in [3.63, 3.8) is 0 Å². The van der Waals surface area contributed by atoms with Crippen molar-refractivity contribution in [2.24, 2.45) is 5.92 Å². The van der Waals surface area contributed by atoms with E-state index in [-0.39, 0.29) is 5.92 Å². The van der Waals surface area contributed by atoms with Crippen molar-refractivity contribution in [1.82, 2.24) is 15.2 Å². The first-order valence-corrected chi connectivity index (χ1v) is 8.87. The van der Waals surface area contributed by atoms with Crippen molar-refractivity contribution >= 4 is 11.3 Å². The molecule has 1 N–H and O–H groups in total. The maximum Gasteiger partial charge on any atom is 0.401 e. The zero-order chi connectivity index (χ0) is 17.0. The van der Waals surface area contributed by atoms with Gasteiger partial charge in [-0.3, -0.25) is 4.90 Å². The Balaban J connectivity index is 1.42. The summed E-state index contributed by atoms with van der Waals surface area (Å²) in [5.41, 5.74) is 2.06. The van der Waals surface area contributed by atoms with Crippen molar-refractivity contribution in [1.29, 1.82) is 0 Å². The summed E-state index contributed by atoms with van der Waals surface area (Å²) < 4.78 is 37.2. The van der Waals surface area contributed by atoms with Gasteiger partial charge in [0.2, 0.25) is 0 Å². The fourth-order valence-electron chi connectivity index (χ4n) is 2.99. The second-order valence-corrected chi connectivity index (χ2v) is 7.07. The van der Waals surface area contributed by atoms with E-state index in [0.29, 0.717) is 19.6 Å². The Morgan fingerprint density at radius 2 is 2.04 bits per heavy atom. The molecule has 0 radical (unpaired) electrons. The molecule has 1 aliphatic heterocycles. The number of likely N-dealkylation sites (tertiary alicyclic amines) is 1. The van der Waals surface area contributed by atoms with E-state index >= 15 is 0 Å². The molecule has 1 aromatic heterocycles. The first-order valence-electron chi connectivity index (χ1n) is 7.99. The highest BCUT2D eigenvalue weighted by atomic mass is 32.1. The Bertz CT molecular complexity index is 642. The minimum Gasteiger partial charge on any atom is -0.310 e. The highest BCUT2D eigenvalue weighted by molar-refractivity contribution is 7.09. The van der Waals surface area contributed by atoms with Crippen molar-refractivity contribution in [3.8, 4) is 11.3 Å². The molecule has 0 aliphatic carbocycles. The van der Waals surface area contributed by atoms with E-state index < -0.39 is 12.7 Å². The molecule has 130 valence electrons. The molecule has 7 heteroatoms. The Morgan fingerprint density at radius 3 is 2.79 bits per heavy atom. The van der Waals surface area contributed by atoms with Crippen LogP contribution >= 0.6 is 11.3 Å². The summed E-state index contributed by atoms with van der Waals surface area (Å²) in [5, 5.41) is 6.37. The number of benzene rings is 1. The van der Waals surface area contributed by atoms with Crippen LogP contribution in [0.5, 0.6) is 0 Å². The van der Waals surface area contributed by atoms with Crippen LogP contribution in [0.15, 0.2) is 35.7 Å². The molecule has 0 spiro atoms. The number of halogens is 3. The second-order valence-electron chi connectivity index (χ2n) is 6.13.